The fraction of sp³-hybridized carbons (Fsp3) is 0.286. The lowest BCUT2D eigenvalue weighted by molar-refractivity contribution is -0.142. The second kappa shape index (κ2) is 8.10. The van der Waals surface area contributed by atoms with Crippen LogP contribution in [0.25, 0.3) is 11.0 Å². The number of benzene rings is 1. The maximum absolute atomic E-state index is 11.1. The first kappa shape index (κ1) is 18.6. The second-order valence-electron chi connectivity index (χ2n) is 7.03. The standard InChI is InChI=1S/C21H20N6O2/c1-2-13-4-3-5-16(10-13)25-19-18-17(23-12-24-19)11-22-21(27-18)26-15-8-6-14(7-9-15)20(28)29/h1,3-5,10-12,14-15H,6-9H2,(H,28,29)(H,22,26,27)(H,23,24,25). The van der Waals surface area contributed by atoms with E-state index in [1.807, 2.05) is 24.3 Å². The number of carboxylic acid groups (broad SMARTS) is 1. The summed E-state index contributed by atoms with van der Waals surface area (Å²) in [6.45, 7) is 0. The summed E-state index contributed by atoms with van der Waals surface area (Å²) in [6.07, 6.45) is 11.4. The molecule has 0 unspecified atom stereocenters. The van der Waals surface area contributed by atoms with Crippen LogP contribution < -0.4 is 10.6 Å². The third kappa shape index (κ3) is 4.24. The lowest BCUT2D eigenvalue weighted by Crippen LogP contribution is -2.29. The van der Waals surface area contributed by atoms with E-state index in [0.29, 0.717) is 35.6 Å². The number of carbonyl (C=O) groups is 1. The molecule has 0 spiro atoms. The third-order valence-electron chi connectivity index (χ3n) is 5.08. The highest BCUT2D eigenvalue weighted by atomic mass is 16.4. The van der Waals surface area contributed by atoms with Gasteiger partial charge in [0.2, 0.25) is 5.95 Å². The van der Waals surface area contributed by atoms with Crippen molar-refractivity contribution < 1.29 is 9.90 Å². The van der Waals surface area contributed by atoms with Gasteiger partial charge in [-0.05, 0) is 43.9 Å². The van der Waals surface area contributed by atoms with Crippen LogP contribution in [-0.2, 0) is 4.79 Å². The summed E-state index contributed by atoms with van der Waals surface area (Å²) in [7, 11) is 0. The zero-order valence-corrected chi connectivity index (χ0v) is 15.7. The molecule has 0 bridgehead atoms. The van der Waals surface area contributed by atoms with Crippen molar-refractivity contribution in [3.05, 3.63) is 42.4 Å². The predicted octanol–water partition coefficient (Wildman–Crippen LogP) is 3.20. The topological polar surface area (TPSA) is 113 Å². The fourth-order valence-electron chi connectivity index (χ4n) is 3.51. The average molecular weight is 388 g/mol. The Bertz CT molecular complexity index is 1090. The van der Waals surface area contributed by atoms with E-state index in [4.69, 9.17) is 11.5 Å². The summed E-state index contributed by atoms with van der Waals surface area (Å²) in [5, 5.41) is 15.7. The maximum atomic E-state index is 11.1. The van der Waals surface area contributed by atoms with Crippen molar-refractivity contribution in [3.63, 3.8) is 0 Å². The molecule has 1 fully saturated rings. The number of fused-ring (bicyclic) bond motifs is 1. The smallest absolute Gasteiger partial charge is 0.306 e. The van der Waals surface area contributed by atoms with Crippen LogP contribution in [0.4, 0.5) is 17.5 Å². The van der Waals surface area contributed by atoms with Crippen LogP contribution >= 0.6 is 0 Å². The number of aliphatic carboxylic acids is 1. The van der Waals surface area contributed by atoms with Crippen LogP contribution in [-0.4, -0.2) is 37.1 Å². The molecule has 8 heteroatoms. The molecule has 1 aliphatic carbocycles. The van der Waals surface area contributed by atoms with E-state index in [1.165, 1.54) is 6.33 Å². The molecule has 1 aliphatic rings. The summed E-state index contributed by atoms with van der Waals surface area (Å²) < 4.78 is 0. The van der Waals surface area contributed by atoms with Gasteiger partial charge < -0.3 is 15.7 Å². The normalized spacial score (nSPS) is 18.7. The van der Waals surface area contributed by atoms with Crippen molar-refractivity contribution in [1.82, 2.24) is 19.9 Å². The summed E-state index contributed by atoms with van der Waals surface area (Å²) in [6, 6.07) is 7.63. The van der Waals surface area contributed by atoms with Gasteiger partial charge >= 0.3 is 5.97 Å². The zero-order chi connectivity index (χ0) is 20.2. The van der Waals surface area contributed by atoms with E-state index < -0.39 is 5.97 Å². The van der Waals surface area contributed by atoms with E-state index in [1.54, 1.807) is 6.20 Å². The SMILES string of the molecule is C#Cc1cccc(Nc2ncnc3cnc(NC4CCC(C(=O)O)CC4)nc23)c1. The van der Waals surface area contributed by atoms with Crippen molar-refractivity contribution in [2.75, 3.05) is 10.6 Å². The van der Waals surface area contributed by atoms with Gasteiger partial charge in [-0.3, -0.25) is 4.79 Å². The number of hydrogen-bond donors (Lipinski definition) is 3. The number of nitrogens with one attached hydrogen (secondary N) is 2. The molecule has 3 N–H and O–H groups in total. The van der Waals surface area contributed by atoms with Gasteiger partial charge in [0, 0.05) is 17.3 Å². The fourth-order valence-corrected chi connectivity index (χ4v) is 3.51. The van der Waals surface area contributed by atoms with Gasteiger partial charge in [-0.25, -0.2) is 19.9 Å². The molecule has 1 saturated carbocycles. The summed E-state index contributed by atoms with van der Waals surface area (Å²) in [5.74, 6) is 2.68. The largest absolute Gasteiger partial charge is 0.481 e. The molecule has 0 aliphatic heterocycles. The van der Waals surface area contributed by atoms with Crippen molar-refractivity contribution >= 4 is 34.5 Å². The van der Waals surface area contributed by atoms with Crippen LogP contribution in [0.15, 0.2) is 36.8 Å². The molecule has 0 radical (unpaired) electrons. The van der Waals surface area contributed by atoms with Gasteiger partial charge in [-0.2, -0.15) is 0 Å². The van der Waals surface area contributed by atoms with E-state index in [9.17, 15) is 4.79 Å². The monoisotopic (exact) mass is 388 g/mol. The summed E-state index contributed by atoms with van der Waals surface area (Å²) in [5.41, 5.74) is 2.79. The van der Waals surface area contributed by atoms with Crippen LogP contribution in [0, 0.1) is 18.3 Å². The van der Waals surface area contributed by atoms with E-state index in [0.717, 1.165) is 24.1 Å². The molecule has 0 saturated heterocycles. The van der Waals surface area contributed by atoms with Crippen LogP contribution in [0.2, 0.25) is 0 Å². The molecular formula is C21H20N6O2. The van der Waals surface area contributed by atoms with Crippen LogP contribution in [0.3, 0.4) is 0 Å². The van der Waals surface area contributed by atoms with Crippen molar-refractivity contribution in [3.8, 4) is 12.3 Å². The average Bonchev–Trinajstić information content (AvgIpc) is 2.75. The minimum atomic E-state index is -0.716. The Hall–Kier alpha value is -3.73. The minimum absolute atomic E-state index is 0.149. The highest BCUT2D eigenvalue weighted by Gasteiger charge is 2.26. The van der Waals surface area contributed by atoms with Gasteiger partial charge in [-0.15, -0.1) is 6.42 Å². The number of terminal acetylenes is 1. The molecule has 29 heavy (non-hydrogen) atoms. The summed E-state index contributed by atoms with van der Waals surface area (Å²) in [4.78, 5) is 28.6. The number of aromatic nitrogens is 4. The predicted molar refractivity (Wildman–Crippen MR) is 110 cm³/mol. The Balaban J connectivity index is 1.54. The Kier molecular flexibility index (Phi) is 5.20. The first-order valence-electron chi connectivity index (χ1n) is 9.43. The van der Waals surface area contributed by atoms with Gasteiger partial charge in [-0.1, -0.05) is 12.0 Å². The molecule has 1 aromatic carbocycles. The molecule has 3 aromatic rings. The van der Waals surface area contributed by atoms with Crippen LogP contribution in [0.5, 0.6) is 0 Å². The number of hydrogen-bond acceptors (Lipinski definition) is 7. The number of carboxylic acids is 1. The molecule has 2 aromatic heterocycles. The van der Waals surface area contributed by atoms with Crippen molar-refractivity contribution in [2.45, 2.75) is 31.7 Å². The van der Waals surface area contributed by atoms with Crippen molar-refractivity contribution in [1.29, 1.82) is 0 Å². The Morgan fingerprint density at radius 3 is 2.76 bits per heavy atom. The molecule has 8 nitrogen and oxygen atoms in total. The lowest BCUT2D eigenvalue weighted by Gasteiger charge is -2.26. The lowest BCUT2D eigenvalue weighted by atomic mass is 9.86. The van der Waals surface area contributed by atoms with Crippen molar-refractivity contribution in [2.24, 2.45) is 5.92 Å². The second-order valence-corrected chi connectivity index (χ2v) is 7.03. The summed E-state index contributed by atoms with van der Waals surface area (Å²) >= 11 is 0. The van der Waals surface area contributed by atoms with Gasteiger partial charge in [0.25, 0.3) is 0 Å². The highest BCUT2D eigenvalue weighted by molar-refractivity contribution is 5.87. The molecule has 4 rings (SSSR count). The Labute approximate surface area is 167 Å². The Morgan fingerprint density at radius 1 is 1.17 bits per heavy atom. The first-order chi connectivity index (χ1) is 14.1. The number of nitrogens with zero attached hydrogens (tertiary/aromatic N) is 4. The van der Waals surface area contributed by atoms with Crippen LogP contribution in [0.1, 0.15) is 31.2 Å². The van der Waals surface area contributed by atoms with Gasteiger partial charge in [0.1, 0.15) is 17.4 Å². The highest BCUT2D eigenvalue weighted by Crippen LogP contribution is 2.27. The van der Waals surface area contributed by atoms with E-state index in [-0.39, 0.29) is 12.0 Å². The molecule has 0 amide bonds. The van der Waals surface area contributed by atoms with Gasteiger partial charge in [0.05, 0.1) is 12.1 Å². The third-order valence-corrected chi connectivity index (χ3v) is 5.08. The molecule has 146 valence electrons. The van der Waals surface area contributed by atoms with E-state index in [2.05, 4.69) is 36.5 Å². The molecule has 0 atom stereocenters. The maximum Gasteiger partial charge on any atom is 0.306 e. The number of rotatable bonds is 5. The van der Waals surface area contributed by atoms with Gasteiger partial charge in [0.15, 0.2) is 5.82 Å². The minimum Gasteiger partial charge on any atom is -0.481 e. The molecule has 2 heterocycles. The Morgan fingerprint density at radius 2 is 2.00 bits per heavy atom. The molecular weight excluding hydrogens is 368 g/mol. The quantitative estimate of drug-likeness (QED) is 0.571. The van der Waals surface area contributed by atoms with E-state index >= 15 is 0 Å². The first-order valence-corrected chi connectivity index (χ1v) is 9.43. The number of anilines is 3. The zero-order valence-electron chi connectivity index (χ0n) is 15.7.